The van der Waals surface area contributed by atoms with Crippen LogP contribution in [0.3, 0.4) is 0 Å². The zero-order valence-corrected chi connectivity index (χ0v) is 9.95. The molecule has 0 radical (unpaired) electrons. The van der Waals surface area contributed by atoms with Crippen molar-refractivity contribution >= 4 is 34.2 Å². The molecule has 0 aliphatic carbocycles. The minimum Gasteiger partial charge on any atom is -0.454 e. The average molecular weight is 257 g/mol. The first-order valence-corrected chi connectivity index (χ1v) is 5.80. The van der Waals surface area contributed by atoms with Gasteiger partial charge in [0.05, 0.1) is 5.52 Å². The van der Waals surface area contributed by atoms with Gasteiger partial charge in [0.1, 0.15) is 5.65 Å². The molecule has 3 aromatic rings. The second kappa shape index (κ2) is 3.39. The lowest BCUT2D eigenvalue weighted by molar-refractivity contribution is 0.174. The van der Waals surface area contributed by atoms with Crippen LogP contribution < -0.4 is 9.47 Å². The number of pyridine rings is 1. The van der Waals surface area contributed by atoms with Crippen LogP contribution in [0.25, 0.3) is 21.9 Å². The molecule has 0 spiro atoms. The summed E-state index contributed by atoms with van der Waals surface area (Å²) in [6, 6.07) is 5.79. The molecule has 0 atom stereocenters. The molecule has 4 rings (SSSR count). The smallest absolute Gasteiger partial charge is 0.231 e. The van der Waals surface area contributed by atoms with E-state index in [4.69, 9.17) is 21.7 Å². The Labute approximate surface area is 106 Å². The molecule has 0 bridgehead atoms. The third-order valence-corrected chi connectivity index (χ3v) is 3.09. The molecule has 18 heavy (non-hydrogen) atoms. The van der Waals surface area contributed by atoms with Crippen molar-refractivity contribution in [3.05, 3.63) is 29.2 Å². The van der Waals surface area contributed by atoms with Gasteiger partial charge in [-0.2, -0.15) is 0 Å². The molecule has 0 amide bonds. The molecule has 0 saturated carbocycles. The number of benzene rings is 1. The zero-order chi connectivity index (χ0) is 12.1. The van der Waals surface area contributed by atoms with Crippen LogP contribution in [0.2, 0.25) is 0 Å². The molecule has 2 aromatic heterocycles. The third kappa shape index (κ3) is 1.36. The molecule has 1 aliphatic heterocycles. The van der Waals surface area contributed by atoms with Crippen molar-refractivity contribution in [2.24, 2.45) is 0 Å². The Bertz CT molecular complexity index is 844. The summed E-state index contributed by atoms with van der Waals surface area (Å²) in [6.07, 6.45) is 1.71. The number of ether oxygens (including phenoxy) is 2. The first-order valence-electron chi connectivity index (χ1n) is 5.39. The number of H-pyrrole nitrogens is 1. The molecule has 1 N–H and O–H groups in total. The Morgan fingerprint density at radius 2 is 1.94 bits per heavy atom. The summed E-state index contributed by atoms with van der Waals surface area (Å²) in [5.41, 5.74) is 1.56. The summed E-state index contributed by atoms with van der Waals surface area (Å²) in [6.45, 7) is 0.259. The monoisotopic (exact) mass is 257 g/mol. The standard InChI is InChI=1S/C12H7N3O2S/c18-12-13-4-7-1-6-2-9-10(17-5-16-9)3-8(6)14-11(7)15-12/h1-4H,5H2,(H,13,14,15,18). The van der Waals surface area contributed by atoms with Crippen LogP contribution in [-0.2, 0) is 0 Å². The van der Waals surface area contributed by atoms with Crippen LogP contribution in [0.5, 0.6) is 11.5 Å². The molecule has 6 heteroatoms. The highest BCUT2D eigenvalue weighted by Gasteiger charge is 2.15. The second-order valence-electron chi connectivity index (χ2n) is 4.01. The van der Waals surface area contributed by atoms with E-state index in [1.165, 1.54) is 0 Å². The summed E-state index contributed by atoms with van der Waals surface area (Å²) in [7, 11) is 0. The van der Waals surface area contributed by atoms with E-state index in [2.05, 4.69) is 15.0 Å². The van der Waals surface area contributed by atoms with Gasteiger partial charge in [-0.3, -0.25) is 0 Å². The lowest BCUT2D eigenvalue weighted by atomic mass is 10.1. The maximum absolute atomic E-state index is 5.35. The van der Waals surface area contributed by atoms with Gasteiger partial charge in [-0.1, -0.05) is 0 Å². The van der Waals surface area contributed by atoms with Crippen molar-refractivity contribution in [3.63, 3.8) is 0 Å². The Morgan fingerprint density at radius 3 is 2.83 bits per heavy atom. The maximum atomic E-state index is 5.35. The van der Waals surface area contributed by atoms with Gasteiger partial charge < -0.3 is 14.5 Å². The number of hydrogen-bond acceptors (Lipinski definition) is 5. The van der Waals surface area contributed by atoms with E-state index >= 15 is 0 Å². The highest BCUT2D eigenvalue weighted by Crippen LogP contribution is 2.35. The number of aromatic amines is 1. The number of hydrogen-bond donors (Lipinski definition) is 1. The highest BCUT2D eigenvalue weighted by molar-refractivity contribution is 7.71. The molecule has 1 aliphatic rings. The predicted molar refractivity (Wildman–Crippen MR) is 68.4 cm³/mol. The van der Waals surface area contributed by atoms with Crippen molar-refractivity contribution in [3.8, 4) is 11.5 Å². The van der Waals surface area contributed by atoms with Crippen molar-refractivity contribution < 1.29 is 9.47 Å². The van der Waals surface area contributed by atoms with Crippen molar-refractivity contribution in [2.45, 2.75) is 0 Å². The van der Waals surface area contributed by atoms with Crippen LogP contribution in [-0.4, -0.2) is 21.7 Å². The minimum absolute atomic E-state index is 0.259. The second-order valence-corrected chi connectivity index (χ2v) is 4.40. The topological polar surface area (TPSA) is 60.0 Å². The average Bonchev–Trinajstić information content (AvgIpc) is 2.80. The minimum atomic E-state index is 0.259. The first-order chi connectivity index (χ1) is 8.79. The summed E-state index contributed by atoms with van der Waals surface area (Å²) < 4.78 is 11.1. The van der Waals surface area contributed by atoms with E-state index in [1.807, 2.05) is 18.2 Å². The third-order valence-electron chi connectivity index (χ3n) is 2.88. The van der Waals surface area contributed by atoms with Gasteiger partial charge in [0, 0.05) is 23.0 Å². The molecular weight excluding hydrogens is 250 g/mol. The van der Waals surface area contributed by atoms with Crippen molar-refractivity contribution in [1.82, 2.24) is 15.0 Å². The van der Waals surface area contributed by atoms with Crippen LogP contribution >= 0.6 is 12.2 Å². The highest BCUT2D eigenvalue weighted by atomic mass is 32.1. The lowest BCUT2D eigenvalue weighted by Gasteiger charge is -2.02. The Kier molecular flexibility index (Phi) is 1.84. The van der Waals surface area contributed by atoms with Crippen LogP contribution in [0.1, 0.15) is 0 Å². The molecule has 88 valence electrons. The molecule has 1 aromatic carbocycles. The van der Waals surface area contributed by atoms with E-state index in [0.29, 0.717) is 4.77 Å². The van der Waals surface area contributed by atoms with Crippen LogP contribution in [0.4, 0.5) is 0 Å². The molecule has 5 nitrogen and oxygen atoms in total. The number of nitrogens with one attached hydrogen (secondary N) is 1. The van der Waals surface area contributed by atoms with Gasteiger partial charge >= 0.3 is 0 Å². The van der Waals surface area contributed by atoms with Crippen molar-refractivity contribution in [2.75, 3.05) is 6.79 Å². The lowest BCUT2D eigenvalue weighted by Crippen LogP contribution is -1.92. The number of aromatic nitrogens is 3. The van der Waals surface area contributed by atoms with Crippen molar-refractivity contribution in [1.29, 1.82) is 0 Å². The first kappa shape index (κ1) is 9.78. The summed E-state index contributed by atoms with van der Waals surface area (Å²) in [5, 5.41) is 1.90. The fourth-order valence-corrected chi connectivity index (χ4v) is 2.19. The molecule has 0 unspecified atom stereocenters. The van der Waals surface area contributed by atoms with Gasteiger partial charge in [-0.25, -0.2) is 9.97 Å². The van der Waals surface area contributed by atoms with Gasteiger partial charge in [0.25, 0.3) is 0 Å². The fraction of sp³-hybridized carbons (Fsp3) is 0.0833. The van der Waals surface area contributed by atoms with Gasteiger partial charge in [-0.05, 0) is 24.4 Å². The summed E-state index contributed by atoms with van der Waals surface area (Å²) in [4.78, 5) is 11.5. The Balaban J connectivity index is 2.12. The predicted octanol–water partition coefficient (Wildman–Crippen LogP) is 2.57. The van der Waals surface area contributed by atoms with Gasteiger partial charge in [0.2, 0.25) is 6.79 Å². The van der Waals surface area contributed by atoms with Gasteiger partial charge in [-0.15, -0.1) is 0 Å². The van der Waals surface area contributed by atoms with E-state index in [-0.39, 0.29) is 6.79 Å². The van der Waals surface area contributed by atoms with Gasteiger partial charge in [0.15, 0.2) is 16.3 Å². The SMILES string of the molecule is S=c1ncc2cc3cc4c(cc3nc2[nH]1)OCO4. The van der Waals surface area contributed by atoms with E-state index < -0.39 is 0 Å². The Morgan fingerprint density at radius 1 is 1.11 bits per heavy atom. The van der Waals surface area contributed by atoms with Crippen LogP contribution in [0.15, 0.2) is 24.4 Å². The number of rotatable bonds is 0. The number of fused-ring (bicyclic) bond motifs is 3. The van der Waals surface area contributed by atoms with Crippen LogP contribution in [0, 0.1) is 4.77 Å². The number of nitrogens with zero attached hydrogens (tertiary/aromatic N) is 2. The summed E-state index contributed by atoms with van der Waals surface area (Å²) in [5.74, 6) is 1.47. The molecule has 0 saturated heterocycles. The normalized spacial score (nSPS) is 13.3. The quantitative estimate of drug-likeness (QED) is 0.495. The zero-order valence-electron chi connectivity index (χ0n) is 9.14. The fourth-order valence-electron chi connectivity index (χ4n) is 2.04. The largest absolute Gasteiger partial charge is 0.454 e. The molecule has 3 heterocycles. The molecule has 0 fully saturated rings. The van der Waals surface area contributed by atoms with E-state index in [0.717, 1.165) is 33.4 Å². The maximum Gasteiger partial charge on any atom is 0.231 e. The summed E-state index contributed by atoms with van der Waals surface area (Å²) >= 11 is 4.99. The van der Waals surface area contributed by atoms with E-state index in [9.17, 15) is 0 Å². The molecular formula is C12H7N3O2S. The Hall–Kier alpha value is -2.21. The van der Waals surface area contributed by atoms with E-state index in [1.54, 1.807) is 6.20 Å².